The highest BCUT2D eigenvalue weighted by Crippen LogP contribution is 2.27. The summed E-state index contributed by atoms with van der Waals surface area (Å²) < 4.78 is 0. The minimum absolute atomic E-state index is 0.0549. The number of nitrogens with one attached hydrogen (secondary N) is 1. The van der Waals surface area contributed by atoms with Crippen molar-refractivity contribution in [2.24, 2.45) is 5.41 Å². The Hall–Kier alpha value is -2.04. The molecule has 0 atom stereocenters. The van der Waals surface area contributed by atoms with Crippen molar-refractivity contribution in [1.82, 2.24) is 0 Å². The molecule has 1 aromatic carbocycles. The van der Waals surface area contributed by atoms with Gasteiger partial charge in [0, 0.05) is 30.9 Å². The fraction of sp³-hybridized carbons (Fsp3) is 0.500. The lowest BCUT2D eigenvalue weighted by atomic mass is 9.97. The van der Waals surface area contributed by atoms with Crippen LogP contribution in [0.4, 0.5) is 11.4 Å². The van der Waals surface area contributed by atoms with Gasteiger partial charge in [-0.2, -0.15) is 0 Å². The molecule has 0 spiro atoms. The van der Waals surface area contributed by atoms with Crippen LogP contribution in [-0.4, -0.2) is 30.1 Å². The Labute approximate surface area is 125 Å². The van der Waals surface area contributed by atoms with Crippen molar-refractivity contribution in [1.29, 1.82) is 0 Å². The molecule has 0 radical (unpaired) electrons. The summed E-state index contributed by atoms with van der Waals surface area (Å²) in [4.78, 5) is 24.8. The third kappa shape index (κ3) is 3.97. The van der Waals surface area contributed by atoms with Gasteiger partial charge in [-0.15, -0.1) is 0 Å². The van der Waals surface area contributed by atoms with Crippen molar-refractivity contribution in [3.8, 4) is 0 Å². The van der Waals surface area contributed by atoms with Gasteiger partial charge >= 0.3 is 5.97 Å². The molecule has 0 aromatic heterocycles. The Morgan fingerprint density at radius 3 is 2.57 bits per heavy atom. The summed E-state index contributed by atoms with van der Waals surface area (Å²) in [6.07, 6.45) is 1.35. The van der Waals surface area contributed by atoms with Crippen molar-refractivity contribution >= 4 is 23.3 Å². The number of carboxylic acids is 1. The summed E-state index contributed by atoms with van der Waals surface area (Å²) in [5.74, 6) is -0.929. The summed E-state index contributed by atoms with van der Waals surface area (Å²) in [5.41, 5.74) is 1.68. The molecule has 1 aromatic rings. The lowest BCUT2D eigenvalue weighted by molar-refractivity contribution is -0.117. The third-order valence-corrected chi connectivity index (χ3v) is 3.37. The van der Waals surface area contributed by atoms with Gasteiger partial charge in [0.05, 0.1) is 5.56 Å². The highest BCUT2D eigenvalue weighted by Gasteiger charge is 2.23. The summed E-state index contributed by atoms with van der Waals surface area (Å²) in [7, 11) is 0. The van der Waals surface area contributed by atoms with E-state index in [9.17, 15) is 14.7 Å². The minimum Gasteiger partial charge on any atom is -0.478 e. The zero-order valence-electron chi connectivity index (χ0n) is 12.8. The Balaban J connectivity index is 2.30. The number of rotatable bonds is 4. The predicted molar refractivity (Wildman–Crippen MR) is 82.9 cm³/mol. The lowest BCUT2D eigenvalue weighted by Crippen LogP contribution is -2.24. The van der Waals surface area contributed by atoms with Crippen molar-refractivity contribution in [3.05, 3.63) is 23.8 Å². The number of aromatic carboxylic acids is 1. The van der Waals surface area contributed by atoms with Gasteiger partial charge in [-0.3, -0.25) is 4.79 Å². The van der Waals surface area contributed by atoms with Crippen LogP contribution in [-0.2, 0) is 4.79 Å². The molecule has 0 unspecified atom stereocenters. The van der Waals surface area contributed by atoms with Crippen molar-refractivity contribution in [2.45, 2.75) is 33.6 Å². The fourth-order valence-corrected chi connectivity index (χ4v) is 2.28. The van der Waals surface area contributed by atoms with Crippen LogP contribution in [0.5, 0.6) is 0 Å². The summed E-state index contributed by atoms with van der Waals surface area (Å²) >= 11 is 0. The molecule has 2 rings (SSSR count). The van der Waals surface area contributed by atoms with Crippen molar-refractivity contribution in [3.63, 3.8) is 0 Å². The molecule has 1 aliphatic rings. The van der Waals surface area contributed by atoms with E-state index in [4.69, 9.17) is 0 Å². The first-order chi connectivity index (χ1) is 9.76. The fourth-order valence-electron chi connectivity index (χ4n) is 2.28. The molecule has 1 heterocycles. The van der Waals surface area contributed by atoms with E-state index in [0.717, 1.165) is 18.7 Å². The quantitative estimate of drug-likeness (QED) is 0.894. The largest absolute Gasteiger partial charge is 0.478 e. The van der Waals surface area contributed by atoms with Crippen LogP contribution in [0.1, 0.15) is 44.0 Å². The van der Waals surface area contributed by atoms with Gasteiger partial charge in [-0.1, -0.05) is 20.8 Å². The van der Waals surface area contributed by atoms with E-state index >= 15 is 0 Å². The zero-order chi connectivity index (χ0) is 15.6. The molecule has 0 aliphatic carbocycles. The van der Waals surface area contributed by atoms with Crippen LogP contribution >= 0.6 is 0 Å². The summed E-state index contributed by atoms with van der Waals surface area (Å²) in [6, 6.07) is 5.02. The van der Waals surface area contributed by atoms with Crippen molar-refractivity contribution in [2.75, 3.05) is 23.3 Å². The molecule has 1 fully saturated rings. The van der Waals surface area contributed by atoms with Gasteiger partial charge in [0.2, 0.25) is 5.91 Å². The highest BCUT2D eigenvalue weighted by atomic mass is 16.4. The molecule has 1 aliphatic heterocycles. The molecule has 21 heavy (non-hydrogen) atoms. The maximum Gasteiger partial charge on any atom is 0.335 e. The number of nitrogens with zero attached hydrogens (tertiary/aromatic N) is 1. The van der Waals surface area contributed by atoms with E-state index in [1.807, 2.05) is 6.07 Å². The Bertz CT molecular complexity index is 561. The van der Waals surface area contributed by atoms with Crippen LogP contribution < -0.4 is 10.2 Å². The maximum absolute atomic E-state index is 11.8. The molecule has 114 valence electrons. The van der Waals surface area contributed by atoms with Crippen LogP contribution in [0.25, 0.3) is 0 Å². The monoisotopic (exact) mass is 290 g/mol. The van der Waals surface area contributed by atoms with Crippen LogP contribution in [0, 0.1) is 5.41 Å². The lowest BCUT2D eigenvalue weighted by Gasteiger charge is -2.22. The second kappa shape index (κ2) is 5.76. The average Bonchev–Trinajstić information content (AvgIpc) is 2.81. The predicted octanol–water partition coefficient (Wildman–Crippen LogP) is 2.97. The number of carbonyl (C=O) groups is 2. The first kappa shape index (κ1) is 15.4. The number of hydrogen-bond acceptors (Lipinski definition) is 3. The van der Waals surface area contributed by atoms with Gasteiger partial charge in [0.25, 0.3) is 0 Å². The van der Waals surface area contributed by atoms with E-state index in [1.165, 1.54) is 0 Å². The number of carbonyl (C=O) groups excluding carboxylic acids is 1. The molecule has 1 saturated heterocycles. The third-order valence-electron chi connectivity index (χ3n) is 3.37. The summed E-state index contributed by atoms with van der Waals surface area (Å²) in [5, 5.41) is 12.5. The van der Waals surface area contributed by atoms with E-state index in [1.54, 1.807) is 17.0 Å². The van der Waals surface area contributed by atoms with Crippen LogP contribution in [0.2, 0.25) is 0 Å². The SMILES string of the molecule is CC(C)(C)CNc1cc(C(=O)O)cc(N2CCCC2=O)c1. The average molecular weight is 290 g/mol. The Kier molecular flexibility index (Phi) is 4.21. The molecular weight excluding hydrogens is 268 g/mol. The van der Waals surface area contributed by atoms with Gasteiger partial charge in [-0.25, -0.2) is 4.79 Å². The second-order valence-corrected chi connectivity index (χ2v) is 6.64. The first-order valence-electron chi connectivity index (χ1n) is 7.19. The molecule has 0 saturated carbocycles. The van der Waals surface area contributed by atoms with E-state index in [-0.39, 0.29) is 16.9 Å². The molecule has 5 heteroatoms. The minimum atomic E-state index is -0.984. The number of carboxylic acid groups (broad SMARTS) is 1. The van der Waals surface area contributed by atoms with Crippen molar-refractivity contribution < 1.29 is 14.7 Å². The number of hydrogen-bond donors (Lipinski definition) is 2. The number of amides is 1. The zero-order valence-corrected chi connectivity index (χ0v) is 12.8. The Morgan fingerprint density at radius 1 is 1.33 bits per heavy atom. The molecule has 1 amide bonds. The number of anilines is 2. The van der Waals surface area contributed by atoms with Gasteiger partial charge in [0.1, 0.15) is 0 Å². The smallest absolute Gasteiger partial charge is 0.335 e. The highest BCUT2D eigenvalue weighted by molar-refractivity contribution is 5.98. The van der Waals surface area contributed by atoms with Crippen LogP contribution in [0.3, 0.4) is 0 Å². The number of benzene rings is 1. The van der Waals surface area contributed by atoms with Gasteiger partial charge < -0.3 is 15.3 Å². The van der Waals surface area contributed by atoms with E-state index in [2.05, 4.69) is 26.1 Å². The second-order valence-electron chi connectivity index (χ2n) is 6.64. The van der Waals surface area contributed by atoms with Gasteiger partial charge in [-0.05, 0) is 30.0 Å². The van der Waals surface area contributed by atoms with Crippen LogP contribution in [0.15, 0.2) is 18.2 Å². The Morgan fingerprint density at radius 2 is 2.05 bits per heavy atom. The topological polar surface area (TPSA) is 69.6 Å². The first-order valence-corrected chi connectivity index (χ1v) is 7.19. The van der Waals surface area contributed by atoms with Gasteiger partial charge in [0.15, 0.2) is 0 Å². The van der Waals surface area contributed by atoms with E-state index < -0.39 is 5.97 Å². The molecular formula is C16H22N2O3. The molecule has 5 nitrogen and oxygen atoms in total. The summed E-state index contributed by atoms with van der Waals surface area (Å²) in [6.45, 7) is 7.69. The standard InChI is InChI=1S/C16H22N2O3/c1-16(2,3)10-17-12-7-11(15(20)21)8-13(9-12)18-6-4-5-14(18)19/h7-9,17H,4-6,10H2,1-3H3,(H,20,21). The van der Waals surface area contributed by atoms with E-state index in [0.29, 0.717) is 18.7 Å². The normalized spacial score (nSPS) is 15.4. The molecule has 0 bridgehead atoms. The molecule has 2 N–H and O–H groups in total. The maximum atomic E-state index is 11.8.